The summed E-state index contributed by atoms with van der Waals surface area (Å²) in [5, 5.41) is 8.94. The minimum absolute atomic E-state index is 0.115. The maximum absolute atomic E-state index is 8.94. The van der Waals surface area contributed by atoms with Crippen molar-refractivity contribution in [2.45, 2.75) is 6.42 Å². The number of aromatic nitrogens is 2. The smallest absolute Gasteiger partial charge is 0.140 e. The number of imidazole rings is 1. The molecule has 1 aromatic heterocycles. The van der Waals surface area contributed by atoms with Crippen LogP contribution in [0.25, 0.3) is 11.4 Å². The first-order chi connectivity index (χ1) is 7.74. The van der Waals surface area contributed by atoms with E-state index in [1.807, 2.05) is 41.9 Å². The number of aliphatic hydroxyl groups is 1. The molecule has 0 spiro atoms. The Labute approximate surface area is 103 Å². The molecule has 16 heavy (non-hydrogen) atoms. The highest BCUT2D eigenvalue weighted by Crippen LogP contribution is 2.25. The van der Waals surface area contributed by atoms with Crippen LogP contribution in [0.5, 0.6) is 0 Å². The zero-order chi connectivity index (χ0) is 11.5. The van der Waals surface area contributed by atoms with Crippen LogP contribution in [0.4, 0.5) is 0 Å². The van der Waals surface area contributed by atoms with Crippen LogP contribution in [-0.4, -0.2) is 21.3 Å². The molecule has 0 aliphatic rings. The first kappa shape index (κ1) is 11.4. The Morgan fingerprint density at radius 2 is 2.00 bits per heavy atom. The normalized spacial score (nSPS) is 10.7. The molecule has 0 amide bonds. The van der Waals surface area contributed by atoms with Crippen LogP contribution in [0.15, 0.2) is 34.9 Å². The van der Waals surface area contributed by atoms with E-state index in [0.29, 0.717) is 6.42 Å². The molecule has 0 radical (unpaired) electrons. The van der Waals surface area contributed by atoms with E-state index in [2.05, 4.69) is 20.9 Å². The van der Waals surface area contributed by atoms with E-state index < -0.39 is 0 Å². The van der Waals surface area contributed by atoms with Crippen molar-refractivity contribution in [2.75, 3.05) is 6.61 Å². The van der Waals surface area contributed by atoms with Crippen LogP contribution in [0.1, 0.15) is 5.69 Å². The van der Waals surface area contributed by atoms with Gasteiger partial charge in [0.15, 0.2) is 0 Å². The van der Waals surface area contributed by atoms with Crippen molar-refractivity contribution in [2.24, 2.45) is 7.05 Å². The summed E-state index contributed by atoms with van der Waals surface area (Å²) in [6, 6.07) is 10.0. The van der Waals surface area contributed by atoms with Crippen molar-refractivity contribution in [3.05, 3.63) is 40.6 Å². The average Bonchev–Trinajstić information content (AvgIpc) is 2.59. The van der Waals surface area contributed by atoms with Crippen molar-refractivity contribution >= 4 is 15.9 Å². The molecular weight excluding hydrogens is 268 g/mol. The SMILES string of the molecule is Cn1c(-c2ccccc2)nc(CCO)c1Br. The van der Waals surface area contributed by atoms with Gasteiger partial charge in [0.1, 0.15) is 10.4 Å². The Hall–Kier alpha value is -1.13. The molecule has 0 bridgehead atoms. The third-order valence-electron chi connectivity index (χ3n) is 2.47. The number of nitrogens with zero attached hydrogens (tertiary/aromatic N) is 2. The molecule has 2 rings (SSSR count). The molecule has 0 atom stereocenters. The van der Waals surface area contributed by atoms with E-state index >= 15 is 0 Å². The molecule has 0 aliphatic carbocycles. The number of hydrogen-bond acceptors (Lipinski definition) is 2. The lowest BCUT2D eigenvalue weighted by atomic mass is 10.2. The van der Waals surface area contributed by atoms with Gasteiger partial charge in [0.2, 0.25) is 0 Å². The Morgan fingerprint density at radius 3 is 2.62 bits per heavy atom. The van der Waals surface area contributed by atoms with Gasteiger partial charge in [-0.1, -0.05) is 30.3 Å². The van der Waals surface area contributed by atoms with Gasteiger partial charge in [-0.25, -0.2) is 4.98 Å². The highest BCUT2D eigenvalue weighted by Gasteiger charge is 2.12. The van der Waals surface area contributed by atoms with Gasteiger partial charge in [0.25, 0.3) is 0 Å². The summed E-state index contributed by atoms with van der Waals surface area (Å²) in [5.74, 6) is 0.913. The monoisotopic (exact) mass is 280 g/mol. The van der Waals surface area contributed by atoms with Gasteiger partial charge in [-0.05, 0) is 15.9 Å². The van der Waals surface area contributed by atoms with E-state index in [-0.39, 0.29) is 6.61 Å². The highest BCUT2D eigenvalue weighted by atomic mass is 79.9. The van der Waals surface area contributed by atoms with Crippen LogP contribution in [-0.2, 0) is 13.5 Å². The molecule has 1 N–H and O–H groups in total. The molecule has 1 aromatic carbocycles. The third-order valence-corrected chi connectivity index (χ3v) is 3.46. The van der Waals surface area contributed by atoms with Crippen molar-refractivity contribution < 1.29 is 5.11 Å². The third kappa shape index (κ3) is 2.03. The number of rotatable bonds is 3. The van der Waals surface area contributed by atoms with Crippen molar-refractivity contribution in [1.82, 2.24) is 9.55 Å². The van der Waals surface area contributed by atoms with Gasteiger partial charge < -0.3 is 9.67 Å². The minimum Gasteiger partial charge on any atom is -0.396 e. The maximum Gasteiger partial charge on any atom is 0.140 e. The van der Waals surface area contributed by atoms with Gasteiger partial charge in [-0.3, -0.25) is 0 Å². The van der Waals surface area contributed by atoms with E-state index in [0.717, 1.165) is 21.7 Å². The lowest BCUT2D eigenvalue weighted by molar-refractivity contribution is 0.298. The zero-order valence-corrected chi connectivity index (χ0v) is 10.6. The molecule has 0 fully saturated rings. The van der Waals surface area contributed by atoms with Crippen LogP contribution >= 0.6 is 15.9 Å². The minimum atomic E-state index is 0.115. The fourth-order valence-corrected chi connectivity index (χ4v) is 2.10. The van der Waals surface area contributed by atoms with Gasteiger partial charge in [-0.2, -0.15) is 0 Å². The summed E-state index contributed by atoms with van der Waals surface area (Å²) in [6.45, 7) is 0.115. The molecule has 4 heteroatoms. The first-order valence-corrected chi connectivity index (χ1v) is 5.90. The summed E-state index contributed by atoms with van der Waals surface area (Å²) >= 11 is 3.49. The molecule has 3 nitrogen and oxygen atoms in total. The standard InChI is InChI=1S/C12H13BrN2O/c1-15-11(13)10(7-8-16)14-12(15)9-5-3-2-4-6-9/h2-6,16H,7-8H2,1H3. The van der Waals surface area contributed by atoms with Crippen molar-refractivity contribution in [3.8, 4) is 11.4 Å². The summed E-state index contributed by atoms with van der Waals surface area (Å²) in [6.07, 6.45) is 0.571. The second kappa shape index (κ2) is 4.80. The first-order valence-electron chi connectivity index (χ1n) is 5.11. The summed E-state index contributed by atoms with van der Waals surface area (Å²) in [5.41, 5.74) is 1.97. The van der Waals surface area contributed by atoms with Crippen LogP contribution in [0, 0.1) is 0 Å². The Balaban J connectivity index is 2.46. The Bertz CT molecular complexity index is 479. The predicted molar refractivity (Wildman–Crippen MR) is 67.1 cm³/mol. The number of aliphatic hydroxyl groups excluding tert-OH is 1. The summed E-state index contributed by atoms with van der Waals surface area (Å²) in [4.78, 5) is 4.53. The van der Waals surface area contributed by atoms with Crippen molar-refractivity contribution in [1.29, 1.82) is 0 Å². The molecule has 0 aliphatic heterocycles. The second-order valence-corrected chi connectivity index (χ2v) is 4.32. The average molecular weight is 281 g/mol. The molecule has 0 unspecified atom stereocenters. The Kier molecular flexibility index (Phi) is 3.41. The van der Waals surface area contributed by atoms with Crippen LogP contribution in [0.3, 0.4) is 0 Å². The van der Waals surface area contributed by atoms with Gasteiger partial charge >= 0.3 is 0 Å². The maximum atomic E-state index is 8.94. The quantitative estimate of drug-likeness (QED) is 0.938. The number of hydrogen-bond donors (Lipinski definition) is 1. The molecular formula is C12H13BrN2O. The van der Waals surface area contributed by atoms with Crippen LogP contribution in [0.2, 0.25) is 0 Å². The van der Waals surface area contributed by atoms with E-state index in [9.17, 15) is 0 Å². The predicted octanol–water partition coefficient (Wildman–Crippen LogP) is 2.38. The number of benzene rings is 1. The number of halogens is 1. The van der Waals surface area contributed by atoms with E-state index in [1.165, 1.54) is 0 Å². The van der Waals surface area contributed by atoms with E-state index in [1.54, 1.807) is 0 Å². The fourth-order valence-electron chi connectivity index (χ4n) is 1.65. The highest BCUT2D eigenvalue weighted by molar-refractivity contribution is 9.10. The van der Waals surface area contributed by atoms with Gasteiger partial charge in [0, 0.05) is 25.6 Å². The lowest BCUT2D eigenvalue weighted by Gasteiger charge is -2.01. The van der Waals surface area contributed by atoms with Gasteiger partial charge in [0.05, 0.1) is 5.69 Å². The van der Waals surface area contributed by atoms with E-state index in [4.69, 9.17) is 5.11 Å². The zero-order valence-electron chi connectivity index (χ0n) is 9.02. The lowest BCUT2D eigenvalue weighted by Crippen LogP contribution is -1.93. The molecule has 0 saturated heterocycles. The van der Waals surface area contributed by atoms with Gasteiger partial charge in [-0.15, -0.1) is 0 Å². The van der Waals surface area contributed by atoms with Crippen molar-refractivity contribution in [3.63, 3.8) is 0 Å². The largest absolute Gasteiger partial charge is 0.396 e. The second-order valence-electron chi connectivity index (χ2n) is 3.57. The van der Waals surface area contributed by atoms with Crippen LogP contribution < -0.4 is 0 Å². The topological polar surface area (TPSA) is 38.0 Å². The molecule has 2 aromatic rings. The fraction of sp³-hybridized carbons (Fsp3) is 0.250. The molecule has 1 heterocycles. The Morgan fingerprint density at radius 1 is 1.31 bits per heavy atom. The summed E-state index contributed by atoms with van der Waals surface area (Å²) in [7, 11) is 1.96. The molecule has 0 saturated carbocycles. The summed E-state index contributed by atoms with van der Waals surface area (Å²) < 4.78 is 2.92. The molecule has 84 valence electrons.